The van der Waals surface area contributed by atoms with E-state index in [-0.39, 0.29) is 12.5 Å². The van der Waals surface area contributed by atoms with Crippen LogP contribution in [0.15, 0.2) is 59.8 Å². The number of hydrazone groups is 1. The van der Waals surface area contributed by atoms with Crippen LogP contribution in [0.1, 0.15) is 22.8 Å². The molecule has 3 rings (SSSR count). The second-order valence-corrected chi connectivity index (χ2v) is 5.62. The highest BCUT2D eigenvalue weighted by molar-refractivity contribution is 5.99. The van der Waals surface area contributed by atoms with Gasteiger partial charge in [0, 0.05) is 22.7 Å². The lowest BCUT2D eigenvalue weighted by Crippen LogP contribution is -2.24. The smallest absolute Gasteiger partial charge is 0.338 e. The number of H-pyrrole nitrogens is 1. The molecule has 7 nitrogen and oxygen atoms in total. The molecule has 0 aliphatic carbocycles. The number of hydrogen-bond acceptors (Lipinski definition) is 5. The van der Waals surface area contributed by atoms with Gasteiger partial charge in [-0.25, -0.2) is 10.2 Å². The predicted molar refractivity (Wildman–Crippen MR) is 102 cm³/mol. The SMILES string of the molecule is CCOC(=O)c1ccc(OCC(=O)N/N=C/c2c[nH]c3ccccc23)cc1. The molecule has 0 radical (unpaired) electrons. The van der Waals surface area contributed by atoms with Crippen LogP contribution in [0.2, 0.25) is 0 Å². The molecule has 0 aliphatic rings. The van der Waals surface area contributed by atoms with Crippen molar-refractivity contribution in [2.45, 2.75) is 6.92 Å². The topological polar surface area (TPSA) is 92.8 Å². The third-order valence-electron chi connectivity index (χ3n) is 3.75. The van der Waals surface area contributed by atoms with Crippen LogP contribution in [0.3, 0.4) is 0 Å². The van der Waals surface area contributed by atoms with Crippen LogP contribution in [-0.2, 0) is 9.53 Å². The van der Waals surface area contributed by atoms with Crippen LogP contribution in [0.5, 0.6) is 5.75 Å². The van der Waals surface area contributed by atoms with E-state index < -0.39 is 5.97 Å². The van der Waals surface area contributed by atoms with Crippen molar-refractivity contribution >= 4 is 29.0 Å². The van der Waals surface area contributed by atoms with Crippen LogP contribution >= 0.6 is 0 Å². The molecule has 0 atom stereocenters. The van der Waals surface area contributed by atoms with Crippen LogP contribution in [0, 0.1) is 0 Å². The van der Waals surface area contributed by atoms with Crippen molar-refractivity contribution in [3.63, 3.8) is 0 Å². The summed E-state index contributed by atoms with van der Waals surface area (Å²) >= 11 is 0. The number of nitrogens with one attached hydrogen (secondary N) is 2. The van der Waals surface area contributed by atoms with Gasteiger partial charge < -0.3 is 14.5 Å². The standard InChI is InChI=1S/C20H19N3O4/c1-2-26-20(25)14-7-9-16(10-8-14)27-13-19(24)23-22-12-15-11-21-18-6-4-3-5-17(15)18/h3-12,21H,2,13H2,1H3,(H,23,24)/b22-12+. The first-order valence-electron chi connectivity index (χ1n) is 8.45. The number of nitrogens with zero attached hydrogens (tertiary/aromatic N) is 1. The first-order chi connectivity index (χ1) is 13.2. The average Bonchev–Trinajstić information content (AvgIpc) is 3.10. The van der Waals surface area contributed by atoms with Crippen molar-refractivity contribution in [1.82, 2.24) is 10.4 Å². The number of aromatic nitrogens is 1. The summed E-state index contributed by atoms with van der Waals surface area (Å²) in [5.41, 5.74) is 4.72. The van der Waals surface area contributed by atoms with Crippen molar-refractivity contribution in [2.24, 2.45) is 5.10 Å². The predicted octanol–water partition coefficient (Wildman–Crippen LogP) is 2.87. The summed E-state index contributed by atoms with van der Waals surface area (Å²) in [5.74, 6) is -0.312. The minimum absolute atomic E-state index is 0.190. The highest BCUT2D eigenvalue weighted by Gasteiger charge is 2.07. The number of para-hydroxylation sites is 1. The largest absolute Gasteiger partial charge is 0.484 e. The number of hydrogen-bond donors (Lipinski definition) is 2. The summed E-state index contributed by atoms with van der Waals surface area (Å²) in [6.07, 6.45) is 3.40. The Bertz CT molecular complexity index is 961. The number of fused-ring (bicyclic) bond motifs is 1. The molecule has 0 saturated carbocycles. The Morgan fingerprint density at radius 2 is 1.93 bits per heavy atom. The Morgan fingerprint density at radius 3 is 2.70 bits per heavy atom. The Hall–Kier alpha value is -3.61. The summed E-state index contributed by atoms with van der Waals surface area (Å²) in [5, 5.41) is 4.97. The van der Waals surface area contributed by atoms with E-state index in [9.17, 15) is 9.59 Å². The molecule has 0 aliphatic heterocycles. The van der Waals surface area contributed by atoms with Gasteiger partial charge in [-0.05, 0) is 37.3 Å². The summed E-state index contributed by atoms with van der Waals surface area (Å²) in [4.78, 5) is 26.5. The van der Waals surface area contributed by atoms with E-state index in [1.165, 1.54) is 0 Å². The van der Waals surface area contributed by atoms with Crippen molar-refractivity contribution < 1.29 is 19.1 Å². The first-order valence-corrected chi connectivity index (χ1v) is 8.45. The molecular formula is C20H19N3O4. The maximum atomic E-state index is 11.8. The third kappa shape index (κ3) is 4.72. The zero-order valence-electron chi connectivity index (χ0n) is 14.8. The number of aromatic amines is 1. The Balaban J connectivity index is 1.49. The fraction of sp³-hybridized carbons (Fsp3) is 0.150. The molecule has 27 heavy (non-hydrogen) atoms. The van der Waals surface area contributed by atoms with Gasteiger partial charge in [-0.3, -0.25) is 4.79 Å². The molecule has 138 valence electrons. The third-order valence-corrected chi connectivity index (χ3v) is 3.75. The van der Waals surface area contributed by atoms with Crippen molar-refractivity contribution in [3.8, 4) is 5.75 Å². The number of rotatable bonds is 7. The number of amides is 1. The zero-order chi connectivity index (χ0) is 19.1. The van der Waals surface area contributed by atoms with Gasteiger partial charge in [0.05, 0.1) is 18.4 Å². The summed E-state index contributed by atoms with van der Waals surface area (Å²) in [6, 6.07) is 14.2. The molecule has 1 heterocycles. The molecule has 0 saturated heterocycles. The fourth-order valence-electron chi connectivity index (χ4n) is 2.46. The molecule has 2 N–H and O–H groups in total. The first kappa shape index (κ1) is 18.2. The Labute approximate surface area is 156 Å². The lowest BCUT2D eigenvalue weighted by Gasteiger charge is -2.06. The minimum atomic E-state index is -0.395. The van der Waals surface area contributed by atoms with Gasteiger partial charge in [0.2, 0.25) is 0 Å². The van der Waals surface area contributed by atoms with E-state index in [0.717, 1.165) is 16.5 Å². The number of esters is 1. The van der Waals surface area contributed by atoms with Crippen molar-refractivity contribution in [2.75, 3.05) is 13.2 Å². The number of ether oxygens (including phenoxy) is 2. The van der Waals surface area contributed by atoms with E-state index in [0.29, 0.717) is 17.9 Å². The second-order valence-electron chi connectivity index (χ2n) is 5.62. The molecule has 1 amide bonds. The molecule has 1 aromatic heterocycles. The maximum absolute atomic E-state index is 11.8. The molecule has 2 aromatic carbocycles. The Kier molecular flexibility index (Phi) is 5.84. The molecule has 0 bridgehead atoms. The van der Waals surface area contributed by atoms with Gasteiger partial charge in [0.15, 0.2) is 6.61 Å². The number of carbonyl (C=O) groups excluding carboxylic acids is 2. The molecular weight excluding hydrogens is 346 g/mol. The number of benzene rings is 2. The van der Waals surface area contributed by atoms with E-state index in [1.54, 1.807) is 37.4 Å². The van der Waals surface area contributed by atoms with E-state index in [1.807, 2.05) is 30.5 Å². The van der Waals surface area contributed by atoms with Gasteiger partial charge in [-0.2, -0.15) is 5.10 Å². The maximum Gasteiger partial charge on any atom is 0.338 e. The quantitative estimate of drug-likeness (QED) is 0.382. The van der Waals surface area contributed by atoms with E-state index >= 15 is 0 Å². The van der Waals surface area contributed by atoms with Crippen LogP contribution in [0.25, 0.3) is 10.9 Å². The average molecular weight is 365 g/mol. The monoisotopic (exact) mass is 365 g/mol. The molecule has 7 heteroatoms. The fourth-order valence-corrected chi connectivity index (χ4v) is 2.46. The van der Waals surface area contributed by atoms with Crippen molar-refractivity contribution in [3.05, 3.63) is 65.9 Å². The van der Waals surface area contributed by atoms with Crippen LogP contribution in [0.4, 0.5) is 0 Å². The van der Waals surface area contributed by atoms with Crippen LogP contribution in [-0.4, -0.2) is 36.3 Å². The summed E-state index contributed by atoms with van der Waals surface area (Å²) in [7, 11) is 0. The molecule has 0 unspecified atom stereocenters. The highest BCUT2D eigenvalue weighted by Crippen LogP contribution is 2.15. The van der Waals surface area contributed by atoms with Crippen LogP contribution < -0.4 is 10.2 Å². The molecule has 0 fully saturated rings. The Morgan fingerprint density at radius 1 is 1.15 bits per heavy atom. The lowest BCUT2D eigenvalue weighted by molar-refractivity contribution is -0.123. The highest BCUT2D eigenvalue weighted by atomic mass is 16.5. The summed E-state index contributed by atoms with van der Waals surface area (Å²) in [6.45, 7) is 1.87. The van der Waals surface area contributed by atoms with Gasteiger partial charge >= 0.3 is 5.97 Å². The lowest BCUT2D eigenvalue weighted by atomic mass is 10.2. The second kappa shape index (κ2) is 8.66. The zero-order valence-corrected chi connectivity index (χ0v) is 14.8. The van der Waals surface area contributed by atoms with Crippen molar-refractivity contribution in [1.29, 1.82) is 0 Å². The van der Waals surface area contributed by atoms with E-state index in [4.69, 9.17) is 9.47 Å². The van der Waals surface area contributed by atoms with Gasteiger partial charge in [-0.1, -0.05) is 18.2 Å². The molecule has 0 spiro atoms. The minimum Gasteiger partial charge on any atom is -0.484 e. The van der Waals surface area contributed by atoms with Gasteiger partial charge in [0.1, 0.15) is 5.75 Å². The summed E-state index contributed by atoms with van der Waals surface area (Å²) < 4.78 is 10.3. The normalized spacial score (nSPS) is 10.9. The van der Waals surface area contributed by atoms with Gasteiger partial charge in [0.25, 0.3) is 5.91 Å². The van der Waals surface area contributed by atoms with E-state index in [2.05, 4.69) is 15.5 Å². The van der Waals surface area contributed by atoms with Gasteiger partial charge in [-0.15, -0.1) is 0 Å². The molecule has 3 aromatic rings. The number of carbonyl (C=O) groups is 2.